The molecule has 2 amide bonds. The zero-order valence-corrected chi connectivity index (χ0v) is 11.3. The number of piperidine rings is 1. The van der Waals surface area contributed by atoms with E-state index in [2.05, 4.69) is 25.2 Å². The Balaban J connectivity index is 2.06. The van der Waals surface area contributed by atoms with Gasteiger partial charge in [0, 0.05) is 18.3 Å². The maximum atomic E-state index is 12.3. The third kappa shape index (κ3) is 2.84. The van der Waals surface area contributed by atoms with Crippen LogP contribution in [-0.4, -0.2) is 23.5 Å². The average Bonchev–Trinajstić information content (AvgIpc) is 2.39. The third-order valence-corrected chi connectivity index (χ3v) is 3.70. The minimum absolute atomic E-state index is 0.0445. The number of nitrogens with one attached hydrogen (secondary N) is 1. The maximum Gasteiger partial charge on any atom is 0.322 e. The predicted octanol–water partition coefficient (Wildman–Crippen LogP) is 3.66. The molecular weight excluding hydrogens is 224 g/mol. The van der Waals surface area contributed by atoms with Gasteiger partial charge in [-0.2, -0.15) is 0 Å². The van der Waals surface area contributed by atoms with Gasteiger partial charge >= 0.3 is 6.03 Å². The molecule has 98 valence electrons. The van der Waals surface area contributed by atoms with Crippen LogP contribution in [-0.2, 0) is 6.42 Å². The number of amides is 2. The van der Waals surface area contributed by atoms with Gasteiger partial charge in [0.05, 0.1) is 0 Å². The van der Waals surface area contributed by atoms with Crippen molar-refractivity contribution in [3.8, 4) is 0 Å². The van der Waals surface area contributed by atoms with Gasteiger partial charge in [-0.05, 0) is 44.2 Å². The molecule has 0 saturated carbocycles. The number of carbonyl (C=O) groups excluding carboxylic acids is 1. The lowest BCUT2D eigenvalue weighted by Gasteiger charge is -2.33. The van der Waals surface area contributed by atoms with E-state index in [1.807, 2.05) is 23.1 Å². The summed E-state index contributed by atoms with van der Waals surface area (Å²) in [6.45, 7) is 5.11. The predicted molar refractivity (Wildman–Crippen MR) is 74.9 cm³/mol. The highest BCUT2D eigenvalue weighted by molar-refractivity contribution is 5.90. The Hall–Kier alpha value is -1.51. The van der Waals surface area contributed by atoms with E-state index in [-0.39, 0.29) is 6.03 Å². The number of para-hydroxylation sites is 1. The van der Waals surface area contributed by atoms with Gasteiger partial charge in [0.25, 0.3) is 0 Å². The van der Waals surface area contributed by atoms with Crippen LogP contribution in [0.3, 0.4) is 0 Å². The number of nitrogens with zero attached hydrogens (tertiary/aromatic N) is 1. The largest absolute Gasteiger partial charge is 0.322 e. The zero-order chi connectivity index (χ0) is 13.0. The van der Waals surface area contributed by atoms with E-state index in [4.69, 9.17) is 0 Å². The number of hydrogen-bond donors (Lipinski definition) is 1. The first-order valence-electron chi connectivity index (χ1n) is 6.88. The molecule has 0 spiro atoms. The molecule has 0 unspecified atom stereocenters. The van der Waals surface area contributed by atoms with Crippen LogP contribution in [0.4, 0.5) is 10.5 Å². The lowest BCUT2D eigenvalue weighted by atomic mass is 10.0. The molecule has 18 heavy (non-hydrogen) atoms. The highest BCUT2D eigenvalue weighted by atomic mass is 16.2. The first-order chi connectivity index (χ1) is 8.72. The number of carbonyl (C=O) groups is 1. The highest BCUT2D eigenvalue weighted by Crippen LogP contribution is 2.20. The number of rotatable bonds is 2. The number of urea groups is 1. The second-order valence-electron chi connectivity index (χ2n) is 4.98. The standard InChI is InChI=1S/C15H22N2O/c1-3-13-9-4-5-10-14(13)16-15(18)17-11-7-6-8-12(17)2/h4-5,9-10,12H,3,6-8,11H2,1-2H3,(H,16,18)/t12-/m0/s1. The van der Waals surface area contributed by atoms with E-state index in [1.54, 1.807) is 0 Å². The monoisotopic (exact) mass is 246 g/mol. The van der Waals surface area contributed by atoms with Gasteiger partial charge in [-0.15, -0.1) is 0 Å². The summed E-state index contributed by atoms with van der Waals surface area (Å²) in [4.78, 5) is 14.2. The highest BCUT2D eigenvalue weighted by Gasteiger charge is 2.23. The lowest BCUT2D eigenvalue weighted by Crippen LogP contribution is -2.44. The first kappa shape index (κ1) is 12.9. The number of aryl methyl sites for hydroxylation is 1. The topological polar surface area (TPSA) is 32.3 Å². The molecule has 3 nitrogen and oxygen atoms in total. The van der Waals surface area contributed by atoms with Crippen molar-refractivity contribution in [3.05, 3.63) is 29.8 Å². The van der Waals surface area contributed by atoms with E-state index < -0.39 is 0 Å². The molecule has 1 aliphatic rings. The van der Waals surface area contributed by atoms with Crippen molar-refractivity contribution in [2.45, 2.75) is 45.6 Å². The smallest absolute Gasteiger partial charge is 0.322 e. The summed E-state index contributed by atoms with van der Waals surface area (Å²) >= 11 is 0. The maximum absolute atomic E-state index is 12.3. The summed E-state index contributed by atoms with van der Waals surface area (Å²) in [5, 5.41) is 3.05. The summed E-state index contributed by atoms with van der Waals surface area (Å²) in [7, 11) is 0. The second kappa shape index (κ2) is 5.89. The van der Waals surface area contributed by atoms with Gasteiger partial charge in [-0.1, -0.05) is 25.1 Å². The molecule has 1 saturated heterocycles. The number of likely N-dealkylation sites (tertiary alicyclic amines) is 1. The van der Waals surface area contributed by atoms with Crippen LogP contribution in [0.2, 0.25) is 0 Å². The Kier molecular flexibility index (Phi) is 4.24. The molecule has 1 aliphatic heterocycles. The van der Waals surface area contributed by atoms with Crippen LogP contribution in [0.25, 0.3) is 0 Å². The van der Waals surface area contributed by atoms with Gasteiger partial charge in [-0.3, -0.25) is 0 Å². The molecule has 2 rings (SSSR count). The van der Waals surface area contributed by atoms with Crippen LogP contribution < -0.4 is 5.32 Å². The van der Waals surface area contributed by atoms with Gasteiger partial charge in [0.15, 0.2) is 0 Å². The van der Waals surface area contributed by atoms with Crippen LogP contribution >= 0.6 is 0 Å². The fourth-order valence-electron chi connectivity index (χ4n) is 2.54. The fourth-order valence-corrected chi connectivity index (χ4v) is 2.54. The van der Waals surface area contributed by atoms with Crippen LogP contribution in [0.15, 0.2) is 24.3 Å². The Morgan fingerprint density at radius 3 is 2.89 bits per heavy atom. The van der Waals surface area contributed by atoms with Gasteiger partial charge < -0.3 is 10.2 Å². The van der Waals surface area contributed by atoms with Crippen LogP contribution in [0.5, 0.6) is 0 Å². The summed E-state index contributed by atoms with van der Waals surface area (Å²) in [5.74, 6) is 0. The summed E-state index contributed by atoms with van der Waals surface area (Å²) < 4.78 is 0. The molecule has 1 atom stereocenters. The van der Waals surface area contributed by atoms with Crippen molar-refractivity contribution in [3.63, 3.8) is 0 Å². The van der Waals surface area contributed by atoms with Crippen molar-refractivity contribution in [2.24, 2.45) is 0 Å². The van der Waals surface area contributed by atoms with E-state index in [0.717, 1.165) is 31.5 Å². The minimum atomic E-state index is 0.0445. The Morgan fingerprint density at radius 2 is 2.17 bits per heavy atom. The number of benzene rings is 1. The van der Waals surface area contributed by atoms with Gasteiger partial charge in [-0.25, -0.2) is 4.79 Å². The van der Waals surface area contributed by atoms with Crippen molar-refractivity contribution < 1.29 is 4.79 Å². The third-order valence-electron chi connectivity index (χ3n) is 3.70. The molecule has 1 aromatic rings. The SMILES string of the molecule is CCc1ccccc1NC(=O)N1CCCC[C@@H]1C. The van der Waals surface area contributed by atoms with Crippen LogP contribution in [0.1, 0.15) is 38.7 Å². The van der Waals surface area contributed by atoms with E-state index >= 15 is 0 Å². The number of anilines is 1. The molecule has 1 N–H and O–H groups in total. The quantitative estimate of drug-likeness (QED) is 0.848. The summed E-state index contributed by atoms with van der Waals surface area (Å²) in [5.41, 5.74) is 2.14. The van der Waals surface area contributed by atoms with Gasteiger partial charge in [0.2, 0.25) is 0 Å². The normalized spacial score (nSPS) is 19.7. The zero-order valence-electron chi connectivity index (χ0n) is 11.3. The van der Waals surface area contributed by atoms with Crippen molar-refractivity contribution in [1.29, 1.82) is 0 Å². The van der Waals surface area contributed by atoms with Crippen molar-refractivity contribution in [1.82, 2.24) is 4.90 Å². The van der Waals surface area contributed by atoms with Gasteiger partial charge in [0.1, 0.15) is 0 Å². The molecule has 0 radical (unpaired) electrons. The Morgan fingerprint density at radius 1 is 1.39 bits per heavy atom. The minimum Gasteiger partial charge on any atom is -0.322 e. The molecular formula is C15H22N2O. The molecule has 3 heteroatoms. The Bertz CT molecular complexity index is 417. The van der Waals surface area contributed by atoms with E-state index in [0.29, 0.717) is 6.04 Å². The number of hydrogen-bond acceptors (Lipinski definition) is 1. The fraction of sp³-hybridized carbons (Fsp3) is 0.533. The average molecular weight is 246 g/mol. The molecule has 1 aromatic carbocycles. The molecule has 0 aromatic heterocycles. The molecule has 1 fully saturated rings. The first-order valence-corrected chi connectivity index (χ1v) is 6.88. The van der Waals surface area contributed by atoms with E-state index in [1.165, 1.54) is 12.0 Å². The summed E-state index contributed by atoms with van der Waals surface area (Å²) in [6, 6.07) is 8.42. The van der Waals surface area contributed by atoms with Crippen molar-refractivity contribution >= 4 is 11.7 Å². The Labute approximate surface area is 109 Å². The lowest BCUT2D eigenvalue weighted by molar-refractivity contribution is 0.170. The molecule has 0 bridgehead atoms. The molecule has 0 aliphatic carbocycles. The summed E-state index contributed by atoms with van der Waals surface area (Å²) in [6.07, 6.45) is 4.40. The van der Waals surface area contributed by atoms with Crippen molar-refractivity contribution in [2.75, 3.05) is 11.9 Å². The van der Waals surface area contributed by atoms with Crippen LogP contribution in [0, 0.1) is 0 Å². The second-order valence-corrected chi connectivity index (χ2v) is 4.98. The molecule has 1 heterocycles. The van der Waals surface area contributed by atoms with E-state index in [9.17, 15) is 4.79 Å².